The van der Waals surface area contributed by atoms with Gasteiger partial charge in [-0.1, -0.05) is 199 Å². The first-order valence-electron chi connectivity index (χ1n) is 24.0. The van der Waals surface area contributed by atoms with Gasteiger partial charge in [-0.3, -0.25) is 0 Å². The van der Waals surface area contributed by atoms with Crippen molar-refractivity contribution < 1.29 is 26.0 Å². The molecule has 0 unspecified atom stereocenters. The Hall–Kier alpha value is -8.38. The van der Waals surface area contributed by atoms with Gasteiger partial charge in [0.1, 0.15) is 31.0 Å². The van der Waals surface area contributed by atoms with Gasteiger partial charge in [-0.15, -0.1) is 16.5 Å². The number of benzene rings is 10. The van der Waals surface area contributed by atoms with Crippen molar-refractivity contribution in [3.63, 3.8) is 0 Å². The van der Waals surface area contributed by atoms with Crippen LogP contribution in [0.2, 0.25) is 0 Å². The molecule has 1 aliphatic rings. The Balaban J connectivity index is 0.00000530. The van der Waals surface area contributed by atoms with Crippen molar-refractivity contribution in [1.82, 2.24) is 9.55 Å². The second kappa shape index (κ2) is 19.1. The van der Waals surface area contributed by atoms with Crippen molar-refractivity contribution in [3.05, 3.63) is 279 Å². The van der Waals surface area contributed by atoms with Crippen LogP contribution >= 0.6 is 0 Å². The second-order valence-corrected chi connectivity index (χ2v) is 21.6. The van der Waals surface area contributed by atoms with Gasteiger partial charge in [-0.05, 0) is 91.6 Å². The Kier molecular flexibility index (Phi) is 11.9. The molecule has 0 spiro atoms. The van der Waals surface area contributed by atoms with Crippen LogP contribution in [-0.4, -0.2) is 22.6 Å². The zero-order valence-electron chi connectivity index (χ0n) is 39.0. The summed E-state index contributed by atoms with van der Waals surface area (Å²) in [5, 5.41) is 11.0. The molecule has 3 heterocycles. The quantitative estimate of drug-likeness (QED) is 0.0593. The van der Waals surface area contributed by atoms with E-state index in [2.05, 4.69) is 271 Å². The van der Waals surface area contributed by atoms with Crippen molar-refractivity contribution in [2.24, 2.45) is 0 Å². The second-order valence-electron chi connectivity index (χ2n) is 17.8. The Labute approximate surface area is 434 Å². The maximum Gasteiger partial charge on any atom is 0.148 e. The van der Waals surface area contributed by atoms with Crippen molar-refractivity contribution >= 4 is 73.4 Å². The Bertz CT molecular complexity index is 3770. The van der Waals surface area contributed by atoms with Crippen LogP contribution in [0.3, 0.4) is 0 Å². The fourth-order valence-electron chi connectivity index (χ4n) is 10.7. The molecule has 0 saturated carbocycles. The van der Waals surface area contributed by atoms with Crippen LogP contribution in [0, 0.1) is 12.1 Å². The summed E-state index contributed by atoms with van der Waals surface area (Å²) in [6, 6.07) is 101. The number of aromatic nitrogens is 2. The van der Waals surface area contributed by atoms with E-state index in [4.69, 9.17) is 9.92 Å². The molecular formula is C65H45N4OPtSi-. The first kappa shape index (κ1) is 44.8. The molecule has 7 heteroatoms. The van der Waals surface area contributed by atoms with E-state index in [0.717, 1.165) is 94.1 Å². The smallest absolute Gasteiger partial charge is 0.148 e. The normalized spacial score (nSPS) is 12.2. The minimum atomic E-state index is -3.23. The van der Waals surface area contributed by atoms with Gasteiger partial charge in [0.2, 0.25) is 0 Å². The largest absolute Gasteiger partial charge is 0.319 e. The third kappa shape index (κ3) is 7.60. The summed E-state index contributed by atoms with van der Waals surface area (Å²) < 4.78 is 2.32. The molecule has 5 nitrogen and oxygen atoms in total. The molecule has 12 aromatic rings. The fraction of sp³-hybridized carbons (Fsp3) is 0. The zero-order chi connectivity index (χ0) is 47.1. The van der Waals surface area contributed by atoms with Crippen molar-refractivity contribution in [2.75, 3.05) is 10.1 Å². The molecule has 72 heavy (non-hydrogen) atoms. The summed E-state index contributed by atoms with van der Waals surface area (Å²) in [5.41, 5.74) is 12.8. The van der Waals surface area contributed by atoms with Gasteiger partial charge in [-0.25, -0.2) is 4.98 Å². The fourth-order valence-corrected chi connectivity index (χ4v) is 15.2. The van der Waals surface area contributed by atoms with Crippen molar-refractivity contribution in [3.8, 4) is 39.2 Å². The van der Waals surface area contributed by atoms with Crippen LogP contribution in [0.4, 0.5) is 22.7 Å². The monoisotopic (exact) mass is 1120 g/mol. The Morgan fingerprint density at radius 3 is 1.61 bits per heavy atom. The van der Waals surface area contributed by atoms with Gasteiger partial charge < -0.3 is 4.57 Å². The Morgan fingerprint density at radius 1 is 0.417 bits per heavy atom. The average Bonchev–Trinajstić information content (AvgIpc) is 4.01. The number of hydrogen-bond donors (Lipinski definition) is 0. The number of hydrogen-bond acceptors (Lipinski definition) is 3. The van der Waals surface area contributed by atoms with Gasteiger partial charge in [-0.2, -0.15) is 51.7 Å². The Morgan fingerprint density at radius 2 is 0.958 bits per heavy atom. The third-order valence-corrected chi connectivity index (χ3v) is 18.4. The zero-order valence-corrected chi connectivity index (χ0v) is 42.2. The van der Waals surface area contributed by atoms with E-state index in [1.807, 2.05) is 22.4 Å². The maximum absolute atomic E-state index is 5.26. The number of pyridine rings is 1. The molecule has 0 saturated heterocycles. The van der Waals surface area contributed by atoms with Gasteiger partial charge in [0, 0.05) is 38.5 Å². The SMILES string of the molecule is [Pt].[c-]1c(N2[OH+]N(c3ccccc3)c3ccccc32)cccc1[Si](c1[c-]c2c(cc1)c1ccccc1n2-c1cc(-c2c(-c3ccccc3)cccc2-c2ccccc2)ccn1)(c1ccccc1)c1ccccc1. The van der Waals surface area contributed by atoms with E-state index < -0.39 is 8.07 Å². The van der Waals surface area contributed by atoms with Gasteiger partial charge in [0.25, 0.3) is 0 Å². The number of anilines is 4. The summed E-state index contributed by atoms with van der Waals surface area (Å²) in [6.45, 7) is 0. The van der Waals surface area contributed by atoms with E-state index in [0.29, 0.717) is 0 Å². The van der Waals surface area contributed by atoms with Crippen LogP contribution in [0.25, 0.3) is 61.0 Å². The van der Waals surface area contributed by atoms with E-state index >= 15 is 0 Å². The van der Waals surface area contributed by atoms with Crippen LogP contribution in [0.1, 0.15) is 0 Å². The van der Waals surface area contributed by atoms with E-state index in [-0.39, 0.29) is 21.1 Å². The molecular weight excluding hydrogens is 1080 g/mol. The van der Waals surface area contributed by atoms with Crippen LogP contribution in [0.15, 0.2) is 267 Å². The third-order valence-electron chi connectivity index (χ3n) is 13.8. The van der Waals surface area contributed by atoms with Gasteiger partial charge in [0.15, 0.2) is 0 Å². The predicted molar refractivity (Wildman–Crippen MR) is 295 cm³/mol. The molecule has 1 N–H and O–H groups in total. The molecule has 13 rings (SSSR count). The molecule has 0 radical (unpaired) electrons. The molecule has 0 atom stereocenters. The summed E-state index contributed by atoms with van der Waals surface area (Å²) >= 11 is 0. The van der Waals surface area contributed by atoms with Gasteiger partial charge >= 0.3 is 0 Å². The first-order chi connectivity index (χ1) is 35.2. The van der Waals surface area contributed by atoms with Crippen molar-refractivity contribution in [1.29, 1.82) is 0 Å². The number of fused-ring (bicyclic) bond motifs is 4. The number of nitrogens with zero attached hydrogens (tertiary/aromatic N) is 4. The van der Waals surface area contributed by atoms with Gasteiger partial charge in [0.05, 0.1) is 0 Å². The van der Waals surface area contributed by atoms with Crippen molar-refractivity contribution in [2.45, 2.75) is 0 Å². The molecule has 10 aromatic carbocycles. The number of rotatable bonds is 10. The first-order valence-corrected chi connectivity index (χ1v) is 26.0. The van der Waals surface area contributed by atoms with Crippen LogP contribution < -0.4 is 30.9 Å². The minimum Gasteiger partial charge on any atom is -0.319 e. The summed E-state index contributed by atoms with van der Waals surface area (Å²) in [5.74, 6) is 0.821. The van der Waals surface area contributed by atoms with Crippen LogP contribution in [0.5, 0.6) is 0 Å². The minimum absolute atomic E-state index is 0. The molecule has 0 amide bonds. The maximum atomic E-state index is 5.26. The number of para-hydroxylation sites is 4. The average molecular weight is 1120 g/mol. The summed E-state index contributed by atoms with van der Waals surface area (Å²) in [4.78, 5) is 10.5. The molecule has 346 valence electrons. The topological polar surface area (TPSA) is 37.1 Å². The standard InChI is InChI=1S/C65H44N4OSi.Pt/c1-6-22-47(23-7-1)56-35-21-36-57(48-24-8-2-9-25-48)65(56)49-42-43-66-64(44-49)67-60-37-17-16-34-58(60)59-41-40-55(46-63(59)67)71(52-29-12-4-13-30-52,53-31-14-5-15-32-53)54-33-20-28-51(45-54)69-62-39-19-18-38-61(62)68(70-69)50-26-10-3-11-27-50;/h1-44H;/q-2;/p+1. The summed E-state index contributed by atoms with van der Waals surface area (Å²) in [7, 11) is -3.23. The molecule has 1 aliphatic heterocycles. The predicted octanol–water partition coefficient (Wildman–Crippen LogP) is 13.3. The van der Waals surface area contributed by atoms with E-state index in [1.54, 1.807) is 0 Å². The van der Waals surface area contributed by atoms with E-state index in [1.165, 1.54) is 10.4 Å². The summed E-state index contributed by atoms with van der Waals surface area (Å²) in [6.07, 6.45) is 1.96. The molecule has 0 fully saturated rings. The molecule has 0 bridgehead atoms. The molecule has 0 aliphatic carbocycles. The van der Waals surface area contributed by atoms with Crippen LogP contribution in [-0.2, 0) is 21.1 Å². The molecule has 2 aromatic heterocycles. The van der Waals surface area contributed by atoms with E-state index in [9.17, 15) is 0 Å².